The van der Waals surface area contributed by atoms with E-state index in [1.807, 2.05) is 0 Å². The van der Waals surface area contributed by atoms with Crippen LogP contribution in [0.1, 0.15) is 23.2 Å². The molecule has 0 aliphatic heterocycles. The predicted octanol–water partition coefficient (Wildman–Crippen LogP) is 2.70. The molecule has 0 saturated heterocycles. The zero-order chi connectivity index (χ0) is 12.3. The van der Waals surface area contributed by atoms with E-state index < -0.39 is 12.4 Å². The van der Waals surface area contributed by atoms with E-state index in [2.05, 4.69) is 9.72 Å². The highest BCUT2D eigenvalue weighted by molar-refractivity contribution is 6.32. The van der Waals surface area contributed by atoms with Gasteiger partial charge in [-0.1, -0.05) is 11.6 Å². The maximum atomic E-state index is 12.6. The highest BCUT2D eigenvalue weighted by atomic mass is 35.5. The first-order valence-corrected chi connectivity index (χ1v) is 4.84. The summed E-state index contributed by atoms with van der Waals surface area (Å²) in [5.41, 5.74) is 0.0751. The number of aromatic nitrogens is 1. The van der Waals surface area contributed by atoms with Gasteiger partial charge in [0.15, 0.2) is 0 Å². The van der Waals surface area contributed by atoms with Gasteiger partial charge in [0, 0.05) is 17.5 Å². The molecule has 0 aromatic carbocycles. The molecule has 88 valence electrons. The van der Waals surface area contributed by atoms with Crippen LogP contribution in [-0.2, 0) is 16.0 Å². The molecule has 0 saturated carbocycles. The van der Waals surface area contributed by atoms with Gasteiger partial charge in [0.25, 0.3) is 6.43 Å². The van der Waals surface area contributed by atoms with E-state index in [-0.39, 0.29) is 28.3 Å². The smallest absolute Gasteiger partial charge is 0.310 e. The Morgan fingerprint density at radius 2 is 2.25 bits per heavy atom. The Morgan fingerprint density at radius 1 is 1.62 bits per heavy atom. The van der Waals surface area contributed by atoms with Crippen LogP contribution in [-0.4, -0.2) is 18.1 Å². The number of hydrogen-bond donors (Lipinski definition) is 0. The van der Waals surface area contributed by atoms with Crippen LogP contribution in [0.2, 0.25) is 5.02 Å². The van der Waals surface area contributed by atoms with Crippen LogP contribution in [0.4, 0.5) is 8.78 Å². The van der Waals surface area contributed by atoms with E-state index in [1.54, 1.807) is 0 Å². The molecular formula is C10H10ClF2NO2. The fourth-order valence-corrected chi connectivity index (χ4v) is 1.57. The number of carbonyl (C=O) groups is 1. The molecule has 0 bridgehead atoms. The maximum absolute atomic E-state index is 12.6. The summed E-state index contributed by atoms with van der Waals surface area (Å²) in [5, 5.41) is -0.118. The van der Waals surface area contributed by atoms with Crippen molar-refractivity contribution in [3.05, 3.63) is 28.0 Å². The van der Waals surface area contributed by atoms with Crippen molar-refractivity contribution < 1.29 is 18.3 Å². The lowest BCUT2D eigenvalue weighted by molar-refractivity contribution is -0.139. The lowest BCUT2D eigenvalue weighted by Gasteiger charge is -2.10. The molecule has 1 aromatic heterocycles. The first kappa shape index (κ1) is 12.8. The zero-order valence-corrected chi connectivity index (χ0v) is 9.52. The van der Waals surface area contributed by atoms with Gasteiger partial charge in [-0.3, -0.25) is 9.78 Å². The van der Waals surface area contributed by atoms with E-state index in [1.165, 1.54) is 20.2 Å². The zero-order valence-electron chi connectivity index (χ0n) is 8.76. The normalized spacial score (nSPS) is 10.6. The van der Waals surface area contributed by atoms with Gasteiger partial charge in [-0.15, -0.1) is 0 Å². The average Bonchev–Trinajstić information content (AvgIpc) is 2.21. The molecule has 0 radical (unpaired) electrons. The third-order valence-corrected chi connectivity index (χ3v) is 2.55. The van der Waals surface area contributed by atoms with E-state index >= 15 is 0 Å². The fraction of sp³-hybridized carbons (Fsp3) is 0.400. The number of ether oxygens (including phenoxy) is 1. The molecule has 0 N–H and O–H groups in total. The van der Waals surface area contributed by atoms with Crippen LogP contribution < -0.4 is 0 Å². The second-order valence-electron chi connectivity index (χ2n) is 3.15. The summed E-state index contributed by atoms with van der Waals surface area (Å²) < 4.78 is 29.7. The van der Waals surface area contributed by atoms with Crippen molar-refractivity contribution in [2.24, 2.45) is 0 Å². The van der Waals surface area contributed by atoms with Crippen molar-refractivity contribution in [3.8, 4) is 0 Å². The number of alkyl halides is 2. The molecule has 6 heteroatoms. The number of pyridine rings is 1. The number of rotatable bonds is 3. The van der Waals surface area contributed by atoms with Crippen LogP contribution in [0.3, 0.4) is 0 Å². The summed E-state index contributed by atoms with van der Waals surface area (Å²) in [6, 6.07) is 0. The number of carbonyl (C=O) groups excluding carboxylic acids is 1. The first-order chi connectivity index (χ1) is 7.47. The van der Waals surface area contributed by atoms with Crippen molar-refractivity contribution in [2.45, 2.75) is 19.8 Å². The largest absolute Gasteiger partial charge is 0.469 e. The molecule has 0 unspecified atom stereocenters. The quantitative estimate of drug-likeness (QED) is 0.773. The van der Waals surface area contributed by atoms with Gasteiger partial charge < -0.3 is 4.74 Å². The van der Waals surface area contributed by atoms with Crippen molar-refractivity contribution in [2.75, 3.05) is 7.11 Å². The second kappa shape index (κ2) is 5.21. The number of methoxy groups -OCH3 is 1. The Balaban J connectivity index is 3.13. The monoisotopic (exact) mass is 249 g/mol. The lowest BCUT2D eigenvalue weighted by atomic mass is 10.1. The van der Waals surface area contributed by atoms with Gasteiger partial charge in [0.2, 0.25) is 0 Å². The molecule has 1 rings (SSSR count). The standard InChI is InChI=1S/C10H10ClF2NO2/c1-5-8(10(12)13)9(11)6(4-14-5)3-7(15)16-2/h4,10H,3H2,1-2H3. The summed E-state index contributed by atoms with van der Waals surface area (Å²) in [6.45, 7) is 1.44. The van der Waals surface area contributed by atoms with Gasteiger partial charge >= 0.3 is 5.97 Å². The highest BCUT2D eigenvalue weighted by Crippen LogP contribution is 2.31. The lowest BCUT2D eigenvalue weighted by Crippen LogP contribution is -2.07. The van der Waals surface area contributed by atoms with E-state index in [0.717, 1.165) is 0 Å². The van der Waals surface area contributed by atoms with E-state index in [4.69, 9.17) is 11.6 Å². The number of aryl methyl sites for hydroxylation is 1. The van der Waals surface area contributed by atoms with E-state index in [9.17, 15) is 13.6 Å². The van der Waals surface area contributed by atoms with Gasteiger partial charge in [0.05, 0.1) is 24.1 Å². The summed E-state index contributed by atoms with van der Waals surface area (Å²) in [5.74, 6) is -0.548. The van der Waals surface area contributed by atoms with Crippen molar-refractivity contribution >= 4 is 17.6 Å². The molecule has 0 spiro atoms. The number of esters is 1. The third kappa shape index (κ3) is 2.66. The molecule has 1 aromatic rings. The summed E-state index contributed by atoms with van der Waals surface area (Å²) >= 11 is 5.78. The topological polar surface area (TPSA) is 39.2 Å². The number of halogens is 3. The molecule has 1 heterocycles. The van der Waals surface area contributed by atoms with Crippen LogP contribution >= 0.6 is 11.6 Å². The van der Waals surface area contributed by atoms with E-state index in [0.29, 0.717) is 0 Å². The summed E-state index contributed by atoms with van der Waals surface area (Å²) in [7, 11) is 1.21. The minimum absolute atomic E-state index is 0.118. The van der Waals surface area contributed by atoms with Gasteiger partial charge in [-0.05, 0) is 6.92 Å². The maximum Gasteiger partial charge on any atom is 0.310 e. The molecule has 16 heavy (non-hydrogen) atoms. The van der Waals surface area contributed by atoms with Crippen LogP contribution in [0, 0.1) is 6.92 Å². The second-order valence-corrected chi connectivity index (χ2v) is 3.53. The van der Waals surface area contributed by atoms with Gasteiger partial charge in [-0.25, -0.2) is 8.78 Å². The third-order valence-electron chi connectivity index (χ3n) is 2.10. The summed E-state index contributed by atoms with van der Waals surface area (Å²) in [6.07, 6.45) is -1.57. The molecule has 0 aliphatic carbocycles. The first-order valence-electron chi connectivity index (χ1n) is 4.46. The van der Waals surface area contributed by atoms with Crippen molar-refractivity contribution in [1.29, 1.82) is 0 Å². The Kier molecular flexibility index (Phi) is 4.18. The predicted molar refractivity (Wildman–Crippen MR) is 54.7 cm³/mol. The van der Waals surface area contributed by atoms with Crippen LogP contribution in [0.5, 0.6) is 0 Å². The molecular weight excluding hydrogens is 240 g/mol. The summed E-state index contributed by atoms with van der Waals surface area (Å²) in [4.78, 5) is 14.8. The van der Waals surface area contributed by atoms with Crippen LogP contribution in [0.15, 0.2) is 6.20 Å². The average molecular weight is 250 g/mol. The highest BCUT2D eigenvalue weighted by Gasteiger charge is 2.20. The SMILES string of the molecule is COC(=O)Cc1cnc(C)c(C(F)F)c1Cl. The minimum atomic E-state index is -2.71. The van der Waals surface area contributed by atoms with Crippen LogP contribution in [0.25, 0.3) is 0 Å². The Morgan fingerprint density at radius 3 is 2.75 bits per heavy atom. The molecule has 0 aliphatic rings. The molecule has 0 amide bonds. The Labute approximate surface area is 96.4 Å². The molecule has 0 fully saturated rings. The van der Waals surface area contributed by atoms with Crippen molar-refractivity contribution in [1.82, 2.24) is 4.98 Å². The minimum Gasteiger partial charge on any atom is -0.469 e. The molecule has 3 nitrogen and oxygen atoms in total. The Bertz CT molecular complexity index is 410. The fourth-order valence-electron chi connectivity index (χ4n) is 1.24. The number of hydrogen-bond acceptors (Lipinski definition) is 3. The molecule has 0 atom stereocenters. The number of nitrogens with zero attached hydrogens (tertiary/aromatic N) is 1. The Hall–Kier alpha value is -1.23. The van der Waals surface area contributed by atoms with Crippen molar-refractivity contribution in [3.63, 3.8) is 0 Å². The van der Waals surface area contributed by atoms with Gasteiger partial charge in [0.1, 0.15) is 0 Å². The van der Waals surface area contributed by atoms with Gasteiger partial charge in [-0.2, -0.15) is 0 Å².